The average molecular weight is 721 g/mol. The van der Waals surface area contributed by atoms with Gasteiger partial charge in [-0.1, -0.05) is 75.3 Å². The number of rotatable bonds is 8. The number of methoxy groups -OCH3 is 2. The van der Waals surface area contributed by atoms with E-state index in [4.69, 9.17) is 30.8 Å². The van der Waals surface area contributed by atoms with Gasteiger partial charge in [-0.3, -0.25) is 9.36 Å². The quantitative estimate of drug-likeness (QED) is 0.170. The van der Waals surface area contributed by atoms with Gasteiger partial charge in [0, 0.05) is 38.2 Å². The summed E-state index contributed by atoms with van der Waals surface area (Å²) in [5.74, 6) is 0.429. The van der Waals surface area contributed by atoms with Crippen LogP contribution in [0.3, 0.4) is 0 Å². The molecule has 1 atom stereocenters. The van der Waals surface area contributed by atoms with Crippen LogP contribution in [0.25, 0.3) is 17.0 Å². The maximum Gasteiger partial charge on any atom is 0.338 e. The first kappa shape index (κ1) is 31.8. The Morgan fingerprint density at radius 1 is 1.07 bits per heavy atom. The number of para-hydroxylation sites is 1. The summed E-state index contributed by atoms with van der Waals surface area (Å²) in [6, 6.07) is 18.6. The van der Waals surface area contributed by atoms with Crippen molar-refractivity contribution in [1.29, 1.82) is 0 Å². The van der Waals surface area contributed by atoms with E-state index in [1.54, 1.807) is 44.8 Å². The number of hydrogen-bond donors (Lipinski definition) is 0. The van der Waals surface area contributed by atoms with E-state index in [2.05, 4.69) is 32.6 Å². The normalized spacial score (nSPS) is 14.8. The number of carbonyl (C=O) groups is 1. The van der Waals surface area contributed by atoms with Gasteiger partial charge in [-0.15, -0.1) is 0 Å². The topological polar surface area (TPSA) is 84.1 Å². The zero-order chi connectivity index (χ0) is 32.7. The average Bonchev–Trinajstić information content (AvgIpc) is 3.49. The van der Waals surface area contributed by atoms with Crippen LogP contribution in [0.5, 0.6) is 11.5 Å². The predicted molar refractivity (Wildman–Crippen MR) is 185 cm³/mol. The minimum Gasteiger partial charge on any atom is -0.493 e. The molecule has 11 heteroatoms. The van der Waals surface area contributed by atoms with Gasteiger partial charge in [0.05, 0.1) is 42.7 Å². The Bertz CT molecular complexity index is 2230. The van der Waals surface area contributed by atoms with Crippen molar-refractivity contribution >= 4 is 61.8 Å². The molecule has 0 bridgehead atoms. The molecule has 5 aromatic rings. The van der Waals surface area contributed by atoms with E-state index in [1.807, 2.05) is 49.4 Å². The van der Waals surface area contributed by atoms with Gasteiger partial charge in [0.15, 0.2) is 16.3 Å². The van der Waals surface area contributed by atoms with Crippen LogP contribution in [0.15, 0.2) is 86.2 Å². The molecule has 1 aliphatic rings. The molecule has 2 aromatic heterocycles. The second kappa shape index (κ2) is 12.9. The highest BCUT2D eigenvalue weighted by Crippen LogP contribution is 2.41. The van der Waals surface area contributed by atoms with Crippen LogP contribution in [0.4, 0.5) is 0 Å². The number of nitrogens with zero attached hydrogens (tertiary/aromatic N) is 3. The van der Waals surface area contributed by atoms with Crippen molar-refractivity contribution in [3.8, 4) is 11.5 Å². The molecule has 0 spiro atoms. The van der Waals surface area contributed by atoms with Crippen molar-refractivity contribution in [2.75, 3.05) is 20.8 Å². The van der Waals surface area contributed by atoms with Gasteiger partial charge in [-0.05, 0) is 62.2 Å². The molecule has 3 aromatic carbocycles. The Morgan fingerprint density at radius 3 is 2.48 bits per heavy atom. The first-order valence-electron chi connectivity index (χ1n) is 14.6. The van der Waals surface area contributed by atoms with Crippen LogP contribution in [-0.4, -0.2) is 35.9 Å². The lowest BCUT2D eigenvalue weighted by atomic mass is 9.95. The van der Waals surface area contributed by atoms with Gasteiger partial charge < -0.3 is 18.8 Å². The number of ether oxygens (including phenoxy) is 3. The van der Waals surface area contributed by atoms with Gasteiger partial charge >= 0.3 is 5.97 Å². The summed E-state index contributed by atoms with van der Waals surface area (Å²) >= 11 is 11.5. The zero-order valence-corrected chi connectivity index (χ0v) is 29.0. The standard InChI is InChI=1S/C35H31BrClN3O5S/c1-6-45-34(42)31-19(2)38-35-40(32(31)24-15-28(43-4)29(44-5)17-25(24)36)33(41)30(46-35)16-23-20(3)39(27-14-10-8-12-22(23)27)18-21-11-7-9-13-26(21)37/h7-17,32H,6,18H2,1-5H3/b30-16-/t32-/m0/s1. The Balaban J connectivity index is 1.58. The Kier molecular flexibility index (Phi) is 8.96. The van der Waals surface area contributed by atoms with Crippen molar-refractivity contribution in [3.05, 3.63) is 124 Å². The molecule has 0 saturated carbocycles. The summed E-state index contributed by atoms with van der Waals surface area (Å²) in [7, 11) is 3.09. The number of esters is 1. The van der Waals surface area contributed by atoms with Crippen LogP contribution >= 0.6 is 38.9 Å². The second-order valence-electron chi connectivity index (χ2n) is 10.7. The SMILES string of the molecule is CCOC(=O)C1=C(C)N=c2s/c(=C\c3c(C)n(Cc4ccccc4Cl)c4ccccc34)c(=O)n2[C@H]1c1cc(OC)c(OC)cc1Br. The fourth-order valence-electron chi connectivity index (χ4n) is 5.94. The molecular formula is C35H31BrClN3O5S. The third-order valence-electron chi connectivity index (χ3n) is 8.16. The lowest BCUT2D eigenvalue weighted by Gasteiger charge is -2.26. The Morgan fingerprint density at radius 2 is 1.76 bits per heavy atom. The molecule has 0 unspecified atom stereocenters. The van der Waals surface area contributed by atoms with Gasteiger partial charge in [0.25, 0.3) is 5.56 Å². The molecule has 1 aliphatic heterocycles. The smallest absolute Gasteiger partial charge is 0.338 e. The van der Waals surface area contributed by atoms with Crippen LogP contribution < -0.4 is 24.4 Å². The molecule has 0 N–H and O–H groups in total. The second-order valence-corrected chi connectivity index (χ2v) is 13.0. The summed E-state index contributed by atoms with van der Waals surface area (Å²) < 4.78 is 21.5. The number of halogens is 2. The van der Waals surface area contributed by atoms with Gasteiger partial charge in [0.1, 0.15) is 0 Å². The first-order chi connectivity index (χ1) is 22.2. The summed E-state index contributed by atoms with van der Waals surface area (Å²) in [5.41, 5.74) is 5.08. The molecular weight excluding hydrogens is 690 g/mol. The number of carbonyl (C=O) groups excluding carboxylic acids is 1. The number of aromatic nitrogens is 2. The Labute approximate surface area is 282 Å². The maximum atomic E-state index is 14.4. The molecule has 8 nitrogen and oxygen atoms in total. The highest BCUT2D eigenvalue weighted by atomic mass is 79.9. The number of fused-ring (bicyclic) bond motifs is 2. The zero-order valence-electron chi connectivity index (χ0n) is 25.9. The molecule has 3 heterocycles. The Hall–Kier alpha value is -4.12. The van der Waals surface area contributed by atoms with E-state index in [0.29, 0.717) is 48.1 Å². The molecule has 0 radical (unpaired) electrons. The third-order valence-corrected chi connectivity index (χ3v) is 10.2. The number of hydrogen-bond acceptors (Lipinski definition) is 7. The van der Waals surface area contributed by atoms with Crippen LogP contribution in [0, 0.1) is 6.92 Å². The number of benzene rings is 3. The van der Waals surface area contributed by atoms with Gasteiger partial charge in [-0.25, -0.2) is 9.79 Å². The van der Waals surface area contributed by atoms with Crippen molar-refractivity contribution in [2.45, 2.75) is 33.4 Å². The minimum absolute atomic E-state index is 0.178. The van der Waals surface area contributed by atoms with E-state index in [9.17, 15) is 9.59 Å². The van der Waals surface area contributed by atoms with Crippen LogP contribution in [0.2, 0.25) is 5.02 Å². The maximum absolute atomic E-state index is 14.4. The van der Waals surface area contributed by atoms with Crippen LogP contribution in [-0.2, 0) is 16.1 Å². The highest BCUT2D eigenvalue weighted by Gasteiger charge is 2.35. The van der Waals surface area contributed by atoms with E-state index in [-0.39, 0.29) is 17.7 Å². The minimum atomic E-state index is -0.825. The molecule has 0 saturated heterocycles. The summed E-state index contributed by atoms with van der Waals surface area (Å²) in [5, 5.41) is 1.71. The van der Waals surface area contributed by atoms with Gasteiger partial charge in [-0.2, -0.15) is 0 Å². The lowest BCUT2D eigenvalue weighted by Crippen LogP contribution is -2.40. The largest absolute Gasteiger partial charge is 0.493 e. The molecule has 236 valence electrons. The van der Waals surface area contributed by atoms with Crippen molar-refractivity contribution in [3.63, 3.8) is 0 Å². The van der Waals surface area contributed by atoms with E-state index < -0.39 is 12.0 Å². The fraction of sp³-hybridized carbons (Fsp3) is 0.229. The molecule has 6 rings (SSSR count). The highest BCUT2D eigenvalue weighted by molar-refractivity contribution is 9.10. The molecule has 0 fully saturated rings. The summed E-state index contributed by atoms with van der Waals surface area (Å²) in [6.07, 6.45) is 1.93. The van der Waals surface area contributed by atoms with Crippen molar-refractivity contribution < 1.29 is 19.0 Å². The monoisotopic (exact) mass is 719 g/mol. The van der Waals surface area contributed by atoms with E-state index in [0.717, 1.165) is 27.7 Å². The van der Waals surface area contributed by atoms with Crippen molar-refractivity contribution in [2.24, 2.45) is 4.99 Å². The number of thiazole rings is 1. The fourth-order valence-corrected chi connectivity index (χ4v) is 7.70. The molecule has 0 amide bonds. The predicted octanol–water partition coefficient (Wildman–Crippen LogP) is 6.54. The summed E-state index contributed by atoms with van der Waals surface area (Å²) in [4.78, 5) is 33.1. The van der Waals surface area contributed by atoms with E-state index in [1.165, 1.54) is 11.3 Å². The third kappa shape index (κ3) is 5.48. The van der Waals surface area contributed by atoms with Crippen molar-refractivity contribution in [1.82, 2.24) is 9.13 Å². The summed E-state index contributed by atoms with van der Waals surface area (Å²) in [6.45, 7) is 6.31. The molecule has 0 aliphatic carbocycles. The molecule has 46 heavy (non-hydrogen) atoms. The first-order valence-corrected chi connectivity index (χ1v) is 16.6. The van der Waals surface area contributed by atoms with Crippen LogP contribution in [0.1, 0.15) is 42.3 Å². The van der Waals surface area contributed by atoms with Gasteiger partial charge in [0.2, 0.25) is 0 Å². The number of allylic oxidation sites excluding steroid dienone is 1. The lowest BCUT2D eigenvalue weighted by molar-refractivity contribution is -0.139. The van der Waals surface area contributed by atoms with E-state index >= 15 is 0 Å².